The molecule has 1 heterocycles. The number of rotatable bonds is 6. The maximum atomic E-state index is 10.9. The summed E-state index contributed by atoms with van der Waals surface area (Å²) in [6.45, 7) is 3.80. The number of piperidine rings is 1. The monoisotopic (exact) mass is 294 g/mol. The average molecular weight is 294 g/mol. The first kappa shape index (κ1) is 15.7. The summed E-state index contributed by atoms with van der Waals surface area (Å²) in [5, 5.41) is 20.7. The summed E-state index contributed by atoms with van der Waals surface area (Å²) in [5.41, 5.74) is -0.0109. The molecular formula is C15H22N2O4. The number of hydrogen-bond acceptors (Lipinski definition) is 5. The average Bonchev–Trinajstić information content (AvgIpc) is 2.48. The Labute approximate surface area is 124 Å². The number of benzene rings is 1. The van der Waals surface area contributed by atoms with E-state index in [-0.39, 0.29) is 17.8 Å². The molecular weight excluding hydrogens is 272 g/mol. The van der Waals surface area contributed by atoms with Crippen molar-refractivity contribution in [3.05, 3.63) is 34.4 Å². The van der Waals surface area contributed by atoms with Gasteiger partial charge in [0.1, 0.15) is 6.61 Å². The van der Waals surface area contributed by atoms with Gasteiger partial charge in [0.2, 0.25) is 0 Å². The second-order valence-corrected chi connectivity index (χ2v) is 5.41. The molecule has 0 bridgehead atoms. The summed E-state index contributed by atoms with van der Waals surface area (Å²) in [6, 6.07) is 6.56. The number of nitro groups is 1. The Morgan fingerprint density at radius 2 is 2.24 bits per heavy atom. The van der Waals surface area contributed by atoms with Crippen LogP contribution in [-0.2, 0) is 0 Å². The molecule has 0 aliphatic carbocycles. The molecule has 116 valence electrons. The summed E-state index contributed by atoms with van der Waals surface area (Å²) in [5.74, 6) is 0.299. The van der Waals surface area contributed by atoms with Crippen LogP contribution in [0.15, 0.2) is 24.3 Å². The van der Waals surface area contributed by atoms with Gasteiger partial charge >= 0.3 is 5.69 Å². The topological polar surface area (TPSA) is 75.8 Å². The molecule has 6 heteroatoms. The Morgan fingerprint density at radius 3 is 2.95 bits per heavy atom. The maximum Gasteiger partial charge on any atom is 0.310 e. The molecule has 2 atom stereocenters. The Kier molecular flexibility index (Phi) is 5.52. The van der Waals surface area contributed by atoms with Gasteiger partial charge in [0.25, 0.3) is 0 Å². The molecule has 0 spiro atoms. The molecule has 1 aromatic carbocycles. The number of ether oxygens (including phenoxy) is 1. The van der Waals surface area contributed by atoms with Crippen LogP contribution >= 0.6 is 0 Å². The first-order chi connectivity index (χ1) is 10.1. The number of aliphatic hydroxyl groups excluding tert-OH is 1. The highest BCUT2D eigenvalue weighted by atomic mass is 16.6. The van der Waals surface area contributed by atoms with Crippen LogP contribution in [0, 0.1) is 10.1 Å². The fourth-order valence-corrected chi connectivity index (χ4v) is 2.84. The van der Waals surface area contributed by atoms with Gasteiger partial charge in [-0.05, 0) is 32.4 Å². The molecule has 1 aliphatic rings. The summed E-state index contributed by atoms with van der Waals surface area (Å²) in [4.78, 5) is 12.7. The number of nitrogens with zero attached hydrogens (tertiary/aromatic N) is 2. The fourth-order valence-electron chi connectivity index (χ4n) is 2.84. The highest BCUT2D eigenvalue weighted by molar-refractivity contribution is 5.45. The third kappa shape index (κ3) is 4.15. The minimum absolute atomic E-state index is 0.0109. The van der Waals surface area contributed by atoms with Crippen LogP contribution < -0.4 is 4.74 Å². The van der Waals surface area contributed by atoms with E-state index >= 15 is 0 Å². The van der Waals surface area contributed by atoms with Crippen LogP contribution in [0.1, 0.15) is 26.2 Å². The number of likely N-dealkylation sites (tertiary alicyclic amines) is 1. The van der Waals surface area contributed by atoms with Crippen molar-refractivity contribution in [1.82, 2.24) is 4.90 Å². The van der Waals surface area contributed by atoms with Gasteiger partial charge in [-0.25, -0.2) is 0 Å². The van der Waals surface area contributed by atoms with Crippen LogP contribution in [0.3, 0.4) is 0 Å². The van der Waals surface area contributed by atoms with Gasteiger partial charge < -0.3 is 9.84 Å². The molecule has 1 aliphatic heterocycles. The van der Waals surface area contributed by atoms with Gasteiger partial charge in [0.15, 0.2) is 5.75 Å². The van der Waals surface area contributed by atoms with Gasteiger partial charge in [0, 0.05) is 18.7 Å². The Bertz CT molecular complexity index is 478. The second-order valence-electron chi connectivity index (χ2n) is 5.41. The molecule has 1 N–H and O–H groups in total. The summed E-state index contributed by atoms with van der Waals surface area (Å²) < 4.78 is 5.56. The Hall–Kier alpha value is -1.66. The molecule has 0 amide bonds. The lowest BCUT2D eigenvalue weighted by atomic mass is 9.98. The zero-order valence-electron chi connectivity index (χ0n) is 12.3. The predicted molar refractivity (Wildman–Crippen MR) is 79.5 cm³/mol. The SMILES string of the molecule is C[C@@H](O)[C@@H]1CCCCN1CCOc1ccccc1[N+](=O)[O-]. The lowest BCUT2D eigenvalue weighted by Crippen LogP contribution is -2.47. The number of nitro benzene ring substituents is 1. The van der Waals surface area contributed by atoms with Crippen LogP contribution in [0.5, 0.6) is 5.75 Å². The van der Waals surface area contributed by atoms with Crippen molar-refractivity contribution in [2.45, 2.75) is 38.3 Å². The molecule has 2 rings (SSSR count). The van der Waals surface area contributed by atoms with Gasteiger partial charge in [-0.3, -0.25) is 15.0 Å². The lowest BCUT2D eigenvalue weighted by Gasteiger charge is -2.37. The van der Waals surface area contributed by atoms with E-state index in [2.05, 4.69) is 4.90 Å². The normalized spacial score (nSPS) is 21.0. The third-order valence-corrected chi connectivity index (χ3v) is 3.92. The molecule has 0 unspecified atom stereocenters. The van der Waals surface area contributed by atoms with Crippen molar-refractivity contribution in [2.75, 3.05) is 19.7 Å². The summed E-state index contributed by atoms with van der Waals surface area (Å²) in [7, 11) is 0. The van der Waals surface area contributed by atoms with Crippen molar-refractivity contribution < 1.29 is 14.8 Å². The van der Waals surface area contributed by atoms with Crippen LogP contribution in [0.25, 0.3) is 0 Å². The minimum Gasteiger partial charge on any atom is -0.485 e. The zero-order valence-corrected chi connectivity index (χ0v) is 12.3. The van der Waals surface area contributed by atoms with E-state index in [4.69, 9.17) is 4.74 Å². The van der Waals surface area contributed by atoms with E-state index in [1.165, 1.54) is 6.07 Å². The van der Waals surface area contributed by atoms with Gasteiger partial charge in [-0.15, -0.1) is 0 Å². The molecule has 1 aromatic rings. The second kappa shape index (κ2) is 7.38. The summed E-state index contributed by atoms with van der Waals surface area (Å²) >= 11 is 0. The van der Waals surface area contributed by atoms with E-state index in [0.29, 0.717) is 18.9 Å². The van der Waals surface area contributed by atoms with Crippen LogP contribution in [0.2, 0.25) is 0 Å². The molecule has 1 fully saturated rings. The van der Waals surface area contributed by atoms with Crippen molar-refractivity contribution in [3.8, 4) is 5.75 Å². The number of hydrogen-bond donors (Lipinski definition) is 1. The van der Waals surface area contributed by atoms with Crippen molar-refractivity contribution in [3.63, 3.8) is 0 Å². The largest absolute Gasteiger partial charge is 0.485 e. The van der Waals surface area contributed by atoms with Crippen LogP contribution in [-0.4, -0.2) is 46.8 Å². The maximum absolute atomic E-state index is 10.9. The fraction of sp³-hybridized carbons (Fsp3) is 0.600. The molecule has 0 radical (unpaired) electrons. The third-order valence-electron chi connectivity index (χ3n) is 3.92. The Balaban J connectivity index is 1.90. The van der Waals surface area contributed by atoms with E-state index in [1.54, 1.807) is 18.2 Å². The van der Waals surface area contributed by atoms with Crippen molar-refractivity contribution >= 4 is 5.69 Å². The first-order valence-electron chi connectivity index (χ1n) is 7.38. The van der Waals surface area contributed by atoms with Gasteiger partial charge in [-0.2, -0.15) is 0 Å². The van der Waals surface area contributed by atoms with Gasteiger partial charge in [-0.1, -0.05) is 18.6 Å². The molecule has 0 saturated carbocycles. The predicted octanol–water partition coefficient (Wildman–Crippen LogP) is 2.21. The zero-order chi connectivity index (χ0) is 15.2. The minimum atomic E-state index is -0.436. The molecule has 1 saturated heterocycles. The van der Waals surface area contributed by atoms with Crippen molar-refractivity contribution in [1.29, 1.82) is 0 Å². The Morgan fingerprint density at radius 1 is 1.48 bits per heavy atom. The summed E-state index contributed by atoms with van der Waals surface area (Å²) in [6.07, 6.45) is 2.88. The molecule has 21 heavy (non-hydrogen) atoms. The standard InChI is InChI=1S/C15H22N2O4/c1-12(18)13-6-4-5-9-16(13)10-11-21-15-8-3-2-7-14(15)17(19)20/h2-3,7-8,12-13,18H,4-6,9-11H2,1H3/t12-,13+/m1/s1. The quantitative estimate of drug-likeness (QED) is 0.643. The van der Waals surface area contributed by atoms with Crippen LogP contribution in [0.4, 0.5) is 5.69 Å². The number of para-hydroxylation sites is 2. The molecule has 6 nitrogen and oxygen atoms in total. The van der Waals surface area contributed by atoms with E-state index in [9.17, 15) is 15.2 Å². The van der Waals surface area contributed by atoms with Crippen molar-refractivity contribution in [2.24, 2.45) is 0 Å². The first-order valence-corrected chi connectivity index (χ1v) is 7.38. The number of aliphatic hydroxyl groups is 1. The van der Waals surface area contributed by atoms with E-state index in [1.807, 2.05) is 6.92 Å². The van der Waals surface area contributed by atoms with Gasteiger partial charge in [0.05, 0.1) is 11.0 Å². The highest BCUT2D eigenvalue weighted by Gasteiger charge is 2.26. The smallest absolute Gasteiger partial charge is 0.310 e. The highest BCUT2D eigenvalue weighted by Crippen LogP contribution is 2.26. The lowest BCUT2D eigenvalue weighted by molar-refractivity contribution is -0.385. The van der Waals surface area contributed by atoms with E-state index < -0.39 is 4.92 Å². The molecule has 0 aromatic heterocycles. The van der Waals surface area contributed by atoms with E-state index in [0.717, 1.165) is 25.8 Å².